The maximum absolute atomic E-state index is 10.4. The summed E-state index contributed by atoms with van der Waals surface area (Å²) in [6, 6.07) is 5.36. The molecule has 0 aliphatic rings. The van der Waals surface area contributed by atoms with Crippen LogP contribution in [0.2, 0.25) is 0 Å². The van der Waals surface area contributed by atoms with Crippen molar-refractivity contribution in [3.8, 4) is 0 Å². The van der Waals surface area contributed by atoms with E-state index < -0.39 is 5.97 Å². The highest BCUT2D eigenvalue weighted by Crippen LogP contribution is 2.02. The first kappa shape index (κ1) is 11.6. The molecule has 0 aromatic carbocycles. The van der Waals surface area contributed by atoms with Crippen LogP contribution in [-0.2, 0) is 4.79 Å². The van der Waals surface area contributed by atoms with Gasteiger partial charge >= 0.3 is 5.97 Å². The molecule has 0 atom stereocenters. The lowest BCUT2D eigenvalue weighted by molar-refractivity contribution is -0.132. The van der Waals surface area contributed by atoms with E-state index in [1.54, 1.807) is 18.3 Å². The van der Waals surface area contributed by atoms with Gasteiger partial charge in [-0.1, -0.05) is 6.07 Å². The van der Waals surface area contributed by atoms with Crippen molar-refractivity contribution in [2.75, 3.05) is 0 Å². The molecule has 70 valence electrons. The molecule has 1 rings (SSSR count). The Hall–Kier alpha value is -1.35. The average Bonchev–Trinajstić information content (AvgIpc) is 2.06. The molecule has 0 unspecified atom stereocenters. The Kier molecular flexibility index (Phi) is 4.77. The molecule has 0 amide bonds. The van der Waals surface area contributed by atoms with E-state index in [1.807, 2.05) is 6.07 Å². The Bertz CT molecular complexity index is 309. The number of hydrogen-bond acceptors (Lipinski definition) is 2. The summed E-state index contributed by atoms with van der Waals surface area (Å²) in [5, 5.41) is 8.55. The van der Waals surface area contributed by atoms with Gasteiger partial charge in [-0.15, -0.1) is 12.4 Å². The van der Waals surface area contributed by atoms with E-state index in [-0.39, 0.29) is 18.0 Å². The maximum Gasteiger partial charge on any atom is 0.331 e. The van der Waals surface area contributed by atoms with Crippen LogP contribution in [0.25, 0.3) is 6.08 Å². The van der Waals surface area contributed by atoms with E-state index in [4.69, 9.17) is 5.11 Å². The van der Waals surface area contributed by atoms with Crippen molar-refractivity contribution in [2.24, 2.45) is 0 Å². The standard InChI is InChI=1S/C9H9NO2.ClH/c1-7(9(11)12)6-8-4-2-3-5-10-8;/h2-6H,1H3,(H,11,12);1H/b7-6+;. The summed E-state index contributed by atoms with van der Waals surface area (Å²) in [7, 11) is 0. The number of pyridine rings is 1. The van der Waals surface area contributed by atoms with Crippen LogP contribution in [0.3, 0.4) is 0 Å². The van der Waals surface area contributed by atoms with Crippen LogP contribution in [-0.4, -0.2) is 16.1 Å². The molecular formula is C9H10ClNO2. The summed E-state index contributed by atoms with van der Waals surface area (Å²) in [6.07, 6.45) is 3.16. The van der Waals surface area contributed by atoms with Crippen LogP contribution >= 0.6 is 12.4 Å². The van der Waals surface area contributed by atoms with Crippen LogP contribution in [0.1, 0.15) is 12.6 Å². The molecule has 4 heteroatoms. The number of carboxylic acids is 1. The summed E-state index contributed by atoms with van der Waals surface area (Å²) in [5.74, 6) is -0.916. The van der Waals surface area contributed by atoms with Crippen LogP contribution in [0.5, 0.6) is 0 Å². The van der Waals surface area contributed by atoms with Gasteiger partial charge < -0.3 is 5.11 Å². The number of nitrogens with zero attached hydrogens (tertiary/aromatic N) is 1. The second-order valence-electron chi connectivity index (χ2n) is 2.39. The normalized spacial score (nSPS) is 10.4. The van der Waals surface area contributed by atoms with Gasteiger partial charge in [0.1, 0.15) is 0 Å². The molecule has 0 fully saturated rings. The molecule has 0 saturated heterocycles. The number of rotatable bonds is 2. The third kappa shape index (κ3) is 3.71. The van der Waals surface area contributed by atoms with Gasteiger partial charge in [-0.25, -0.2) is 4.79 Å². The van der Waals surface area contributed by atoms with Gasteiger partial charge in [-0.3, -0.25) is 4.98 Å². The largest absolute Gasteiger partial charge is 0.478 e. The zero-order valence-electron chi connectivity index (χ0n) is 7.10. The zero-order chi connectivity index (χ0) is 8.97. The number of halogens is 1. The fraction of sp³-hybridized carbons (Fsp3) is 0.111. The van der Waals surface area contributed by atoms with Crippen LogP contribution in [0, 0.1) is 0 Å². The lowest BCUT2D eigenvalue weighted by Crippen LogP contribution is -1.95. The van der Waals surface area contributed by atoms with Crippen molar-refractivity contribution in [1.82, 2.24) is 4.98 Å². The Balaban J connectivity index is 0.00000144. The smallest absolute Gasteiger partial charge is 0.331 e. The van der Waals surface area contributed by atoms with Gasteiger partial charge in [0.15, 0.2) is 0 Å². The van der Waals surface area contributed by atoms with Crippen molar-refractivity contribution in [3.05, 3.63) is 35.7 Å². The zero-order valence-corrected chi connectivity index (χ0v) is 7.91. The van der Waals surface area contributed by atoms with Crippen molar-refractivity contribution in [2.45, 2.75) is 6.92 Å². The minimum atomic E-state index is -0.916. The maximum atomic E-state index is 10.4. The molecular weight excluding hydrogens is 190 g/mol. The summed E-state index contributed by atoms with van der Waals surface area (Å²) >= 11 is 0. The molecule has 1 heterocycles. The minimum Gasteiger partial charge on any atom is -0.478 e. The van der Waals surface area contributed by atoms with Crippen molar-refractivity contribution < 1.29 is 9.90 Å². The average molecular weight is 200 g/mol. The van der Waals surface area contributed by atoms with E-state index >= 15 is 0 Å². The monoisotopic (exact) mass is 199 g/mol. The molecule has 1 aromatic heterocycles. The highest BCUT2D eigenvalue weighted by molar-refractivity contribution is 5.91. The van der Waals surface area contributed by atoms with E-state index in [0.717, 1.165) is 0 Å². The van der Waals surface area contributed by atoms with Crippen LogP contribution in [0.4, 0.5) is 0 Å². The first-order chi connectivity index (χ1) is 5.70. The highest BCUT2D eigenvalue weighted by atomic mass is 35.5. The first-order valence-corrected chi connectivity index (χ1v) is 3.53. The molecule has 0 bridgehead atoms. The van der Waals surface area contributed by atoms with E-state index in [1.165, 1.54) is 13.0 Å². The van der Waals surface area contributed by atoms with E-state index in [0.29, 0.717) is 5.69 Å². The second-order valence-corrected chi connectivity index (χ2v) is 2.39. The summed E-state index contributed by atoms with van der Waals surface area (Å²) in [5.41, 5.74) is 0.950. The number of carbonyl (C=O) groups is 1. The number of aliphatic carboxylic acids is 1. The van der Waals surface area contributed by atoms with Gasteiger partial charge in [0.2, 0.25) is 0 Å². The van der Waals surface area contributed by atoms with Crippen LogP contribution in [0.15, 0.2) is 30.0 Å². The molecule has 0 aliphatic heterocycles. The summed E-state index contributed by atoms with van der Waals surface area (Å²) < 4.78 is 0. The predicted octanol–water partition coefficient (Wildman–Crippen LogP) is 1.99. The predicted molar refractivity (Wildman–Crippen MR) is 52.8 cm³/mol. The molecule has 1 N–H and O–H groups in total. The Morgan fingerprint density at radius 3 is 2.69 bits per heavy atom. The van der Waals surface area contributed by atoms with Crippen molar-refractivity contribution in [1.29, 1.82) is 0 Å². The van der Waals surface area contributed by atoms with E-state index in [9.17, 15) is 4.79 Å². The lowest BCUT2D eigenvalue weighted by atomic mass is 10.2. The number of hydrogen-bond donors (Lipinski definition) is 1. The molecule has 0 spiro atoms. The van der Waals surface area contributed by atoms with Gasteiger partial charge in [-0.2, -0.15) is 0 Å². The van der Waals surface area contributed by atoms with Gasteiger partial charge in [0.05, 0.1) is 5.69 Å². The third-order valence-corrected chi connectivity index (χ3v) is 1.39. The van der Waals surface area contributed by atoms with Gasteiger partial charge in [-0.05, 0) is 25.1 Å². The Morgan fingerprint density at radius 1 is 1.54 bits per heavy atom. The lowest BCUT2D eigenvalue weighted by Gasteiger charge is -1.92. The fourth-order valence-corrected chi connectivity index (χ4v) is 0.745. The quantitative estimate of drug-likeness (QED) is 0.742. The molecule has 0 saturated carbocycles. The Morgan fingerprint density at radius 2 is 2.23 bits per heavy atom. The first-order valence-electron chi connectivity index (χ1n) is 3.53. The summed E-state index contributed by atoms with van der Waals surface area (Å²) in [4.78, 5) is 14.4. The summed E-state index contributed by atoms with van der Waals surface area (Å²) in [6.45, 7) is 1.54. The number of carboxylic acid groups (broad SMARTS) is 1. The van der Waals surface area contributed by atoms with E-state index in [2.05, 4.69) is 4.98 Å². The minimum absolute atomic E-state index is 0. The molecule has 0 aliphatic carbocycles. The molecule has 1 aromatic rings. The topological polar surface area (TPSA) is 50.2 Å². The second kappa shape index (κ2) is 5.32. The van der Waals surface area contributed by atoms with Crippen LogP contribution < -0.4 is 0 Å². The van der Waals surface area contributed by atoms with Gasteiger partial charge in [0.25, 0.3) is 0 Å². The van der Waals surface area contributed by atoms with Crippen molar-refractivity contribution >= 4 is 24.5 Å². The highest BCUT2D eigenvalue weighted by Gasteiger charge is 1.98. The third-order valence-electron chi connectivity index (χ3n) is 1.39. The fourth-order valence-electron chi connectivity index (χ4n) is 0.745. The SMILES string of the molecule is C/C(=C\c1ccccn1)C(=O)O.Cl. The molecule has 3 nitrogen and oxygen atoms in total. The Labute approximate surface area is 82.5 Å². The molecule has 13 heavy (non-hydrogen) atoms. The van der Waals surface area contributed by atoms with Gasteiger partial charge in [0, 0.05) is 11.8 Å². The molecule has 0 radical (unpaired) electrons. The van der Waals surface area contributed by atoms with Crippen molar-refractivity contribution in [3.63, 3.8) is 0 Å². The number of aromatic nitrogens is 1.